The normalized spacial score (nSPS) is 24.0. The number of carbonyl (C=O) groups excluding carboxylic acids is 1. The average molecular weight is 351 g/mol. The lowest BCUT2D eigenvalue weighted by Crippen LogP contribution is -2.42. The van der Waals surface area contributed by atoms with Crippen molar-refractivity contribution in [2.75, 3.05) is 24.6 Å². The summed E-state index contributed by atoms with van der Waals surface area (Å²) in [6.07, 6.45) is 2.78. The van der Waals surface area contributed by atoms with Crippen LogP contribution in [0.25, 0.3) is 0 Å². The van der Waals surface area contributed by atoms with E-state index in [1.54, 1.807) is 0 Å². The maximum Gasteiger partial charge on any atom is 0.222 e. The second-order valence-electron chi connectivity index (χ2n) is 6.99. The SMILES string of the molecule is Cc1cccc(OC2CCN(C(=O)CC3CCS(=O)(=O)C3)CC2)c1. The number of hydrogen-bond acceptors (Lipinski definition) is 4. The number of sulfone groups is 1. The lowest BCUT2D eigenvalue weighted by molar-refractivity contribution is -0.133. The fourth-order valence-electron chi connectivity index (χ4n) is 3.51. The molecule has 2 aliphatic heterocycles. The van der Waals surface area contributed by atoms with Gasteiger partial charge in [0.05, 0.1) is 11.5 Å². The first-order chi connectivity index (χ1) is 11.4. The number of benzene rings is 1. The van der Waals surface area contributed by atoms with Gasteiger partial charge in [0, 0.05) is 32.4 Å². The second kappa shape index (κ2) is 7.13. The minimum Gasteiger partial charge on any atom is -0.490 e. The van der Waals surface area contributed by atoms with Crippen LogP contribution in [0.4, 0.5) is 0 Å². The number of rotatable bonds is 4. The summed E-state index contributed by atoms with van der Waals surface area (Å²) in [5, 5.41) is 0. The molecule has 2 aliphatic rings. The van der Waals surface area contributed by atoms with Gasteiger partial charge in [-0.25, -0.2) is 8.42 Å². The van der Waals surface area contributed by atoms with E-state index < -0.39 is 9.84 Å². The van der Waals surface area contributed by atoms with Crippen LogP contribution in [0, 0.1) is 12.8 Å². The van der Waals surface area contributed by atoms with Crippen LogP contribution in [0.2, 0.25) is 0 Å². The zero-order valence-electron chi connectivity index (χ0n) is 14.1. The predicted octanol–water partition coefficient (Wildman–Crippen LogP) is 2.19. The predicted molar refractivity (Wildman–Crippen MR) is 92.8 cm³/mol. The molecule has 0 aliphatic carbocycles. The highest BCUT2D eigenvalue weighted by molar-refractivity contribution is 7.91. The van der Waals surface area contributed by atoms with E-state index in [-0.39, 0.29) is 29.4 Å². The zero-order chi connectivity index (χ0) is 17.2. The van der Waals surface area contributed by atoms with Gasteiger partial charge in [0.25, 0.3) is 0 Å². The topological polar surface area (TPSA) is 63.7 Å². The van der Waals surface area contributed by atoms with Crippen molar-refractivity contribution in [1.29, 1.82) is 0 Å². The third kappa shape index (κ3) is 4.50. The molecule has 2 fully saturated rings. The number of nitrogens with zero attached hydrogens (tertiary/aromatic N) is 1. The number of ether oxygens (including phenoxy) is 1. The van der Waals surface area contributed by atoms with Crippen molar-refractivity contribution in [2.24, 2.45) is 5.92 Å². The number of aryl methyl sites for hydroxylation is 1. The Hall–Kier alpha value is -1.56. The molecule has 5 nitrogen and oxygen atoms in total. The standard InChI is InChI=1S/C18H25NO4S/c1-14-3-2-4-17(11-14)23-16-5-8-19(9-6-16)18(20)12-15-7-10-24(21,22)13-15/h2-4,11,15-16H,5-10,12-13H2,1H3. The van der Waals surface area contributed by atoms with Crippen molar-refractivity contribution in [3.8, 4) is 5.75 Å². The molecule has 24 heavy (non-hydrogen) atoms. The third-order valence-electron chi connectivity index (χ3n) is 4.88. The van der Waals surface area contributed by atoms with Crippen LogP contribution in [0.3, 0.4) is 0 Å². The Labute approximate surface area is 143 Å². The third-order valence-corrected chi connectivity index (χ3v) is 6.71. The van der Waals surface area contributed by atoms with Crippen LogP contribution in [0.5, 0.6) is 5.75 Å². The maximum absolute atomic E-state index is 12.4. The molecule has 1 aromatic rings. The van der Waals surface area contributed by atoms with Gasteiger partial charge in [0.2, 0.25) is 5.91 Å². The summed E-state index contributed by atoms with van der Waals surface area (Å²) in [7, 11) is -2.91. The number of likely N-dealkylation sites (tertiary alicyclic amines) is 1. The van der Waals surface area contributed by atoms with Gasteiger partial charge in [-0.05, 0) is 37.0 Å². The quantitative estimate of drug-likeness (QED) is 0.834. The molecule has 0 aromatic heterocycles. The van der Waals surface area contributed by atoms with E-state index >= 15 is 0 Å². The summed E-state index contributed by atoms with van der Waals surface area (Å²) in [6, 6.07) is 8.01. The number of carbonyl (C=O) groups is 1. The Balaban J connectivity index is 1.45. The van der Waals surface area contributed by atoms with Gasteiger partial charge in [-0.3, -0.25) is 4.79 Å². The van der Waals surface area contributed by atoms with Crippen LogP contribution in [-0.2, 0) is 14.6 Å². The average Bonchev–Trinajstić information content (AvgIpc) is 2.87. The lowest BCUT2D eigenvalue weighted by atomic mass is 10.0. The van der Waals surface area contributed by atoms with Crippen molar-refractivity contribution in [3.05, 3.63) is 29.8 Å². The maximum atomic E-state index is 12.4. The second-order valence-corrected chi connectivity index (χ2v) is 9.22. The molecular weight excluding hydrogens is 326 g/mol. The molecule has 0 radical (unpaired) electrons. The summed E-state index contributed by atoms with van der Waals surface area (Å²) >= 11 is 0. The van der Waals surface area contributed by atoms with E-state index in [0.717, 1.165) is 18.6 Å². The summed E-state index contributed by atoms with van der Waals surface area (Å²) in [5.74, 6) is 1.38. The van der Waals surface area contributed by atoms with Crippen molar-refractivity contribution in [1.82, 2.24) is 4.90 Å². The Morgan fingerprint density at radius 2 is 2.00 bits per heavy atom. The number of amides is 1. The fourth-order valence-corrected chi connectivity index (χ4v) is 5.38. The molecule has 2 heterocycles. The van der Waals surface area contributed by atoms with Gasteiger partial charge in [0.15, 0.2) is 9.84 Å². The van der Waals surface area contributed by atoms with Gasteiger partial charge in [-0.2, -0.15) is 0 Å². The molecule has 2 saturated heterocycles. The largest absolute Gasteiger partial charge is 0.490 e. The molecular formula is C18H25NO4S. The molecule has 1 unspecified atom stereocenters. The van der Waals surface area contributed by atoms with Crippen molar-refractivity contribution in [2.45, 2.75) is 38.7 Å². The number of hydrogen-bond donors (Lipinski definition) is 0. The Morgan fingerprint density at radius 1 is 1.25 bits per heavy atom. The van der Waals surface area contributed by atoms with Gasteiger partial charge < -0.3 is 9.64 Å². The highest BCUT2D eigenvalue weighted by Crippen LogP contribution is 2.24. The van der Waals surface area contributed by atoms with E-state index in [1.165, 1.54) is 5.56 Å². The van der Waals surface area contributed by atoms with Crippen LogP contribution < -0.4 is 4.74 Å². The molecule has 1 aromatic carbocycles. The van der Waals surface area contributed by atoms with Crippen LogP contribution in [0.15, 0.2) is 24.3 Å². The molecule has 0 spiro atoms. The van der Waals surface area contributed by atoms with E-state index in [9.17, 15) is 13.2 Å². The Bertz CT molecular complexity index is 693. The number of piperidine rings is 1. The van der Waals surface area contributed by atoms with E-state index in [1.807, 2.05) is 36.1 Å². The van der Waals surface area contributed by atoms with Gasteiger partial charge in [-0.1, -0.05) is 12.1 Å². The van der Waals surface area contributed by atoms with E-state index in [2.05, 4.69) is 0 Å². The highest BCUT2D eigenvalue weighted by Gasteiger charge is 2.32. The summed E-state index contributed by atoms with van der Waals surface area (Å²) in [4.78, 5) is 14.2. The molecule has 1 atom stereocenters. The van der Waals surface area contributed by atoms with Gasteiger partial charge in [-0.15, -0.1) is 0 Å². The highest BCUT2D eigenvalue weighted by atomic mass is 32.2. The fraction of sp³-hybridized carbons (Fsp3) is 0.611. The summed E-state index contributed by atoms with van der Waals surface area (Å²) in [5.41, 5.74) is 1.17. The minimum atomic E-state index is -2.91. The first-order valence-corrected chi connectivity index (χ1v) is 10.4. The molecule has 132 valence electrons. The molecule has 3 rings (SSSR count). The van der Waals surface area contributed by atoms with Crippen molar-refractivity contribution >= 4 is 15.7 Å². The van der Waals surface area contributed by atoms with Crippen molar-refractivity contribution in [3.63, 3.8) is 0 Å². The molecule has 1 amide bonds. The molecule has 0 N–H and O–H groups in total. The molecule has 0 saturated carbocycles. The lowest BCUT2D eigenvalue weighted by Gasteiger charge is -2.32. The van der Waals surface area contributed by atoms with Crippen LogP contribution in [0.1, 0.15) is 31.2 Å². The van der Waals surface area contributed by atoms with Gasteiger partial charge >= 0.3 is 0 Å². The summed E-state index contributed by atoms with van der Waals surface area (Å²) < 4.78 is 29.0. The smallest absolute Gasteiger partial charge is 0.222 e. The minimum absolute atomic E-state index is 0.00349. The molecule has 0 bridgehead atoms. The Morgan fingerprint density at radius 3 is 2.62 bits per heavy atom. The first-order valence-electron chi connectivity index (χ1n) is 8.63. The van der Waals surface area contributed by atoms with E-state index in [0.29, 0.717) is 25.9 Å². The summed E-state index contributed by atoms with van der Waals surface area (Å²) in [6.45, 7) is 3.42. The van der Waals surface area contributed by atoms with Crippen LogP contribution >= 0.6 is 0 Å². The van der Waals surface area contributed by atoms with Gasteiger partial charge in [0.1, 0.15) is 11.9 Å². The zero-order valence-corrected chi connectivity index (χ0v) is 14.9. The van der Waals surface area contributed by atoms with Crippen LogP contribution in [-0.4, -0.2) is 49.9 Å². The first kappa shape index (κ1) is 17.3. The Kier molecular flexibility index (Phi) is 5.13. The van der Waals surface area contributed by atoms with E-state index in [4.69, 9.17) is 4.74 Å². The molecule has 6 heteroatoms. The van der Waals surface area contributed by atoms with Crippen molar-refractivity contribution < 1.29 is 17.9 Å². The monoisotopic (exact) mass is 351 g/mol.